The second-order valence-corrected chi connectivity index (χ2v) is 8.03. The maximum atomic E-state index is 12.6. The molecule has 21 heavy (non-hydrogen) atoms. The zero-order valence-electron chi connectivity index (χ0n) is 11.6. The lowest BCUT2D eigenvalue weighted by Crippen LogP contribution is -2.47. The number of aliphatic hydroxyl groups is 1. The topological polar surface area (TPSA) is 66.8 Å². The minimum absolute atomic E-state index is 0.0124. The fourth-order valence-electron chi connectivity index (χ4n) is 2.25. The molecule has 8 heteroatoms. The summed E-state index contributed by atoms with van der Waals surface area (Å²) in [5, 5.41) is 10.8. The van der Waals surface area contributed by atoms with E-state index in [1.165, 1.54) is 25.2 Å². The molecule has 5 nitrogen and oxygen atoms in total. The van der Waals surface area contributed by atoms with Gasteiger partial charge in [0.05, 0.1) is 10.6 Å². The molecule has 0 aromatic heterocycles. The van der Waals surface area contributed by atoms with Crippen molar-refractivity contribution in [3.8, 4) is 0 Å². The van der Waals surface area contributed by atoms with E-state index in [1.807, 2.05) is 0 Å². The Morgan fingerprint density at radius 3 is 2.57 bits per heavy atom. The highest BCUT2D eigenvalue weighted by molar-refractivity contribution is 7.89. The van der Waals surface area contributed by atoms with Crippen LogP contribution in [0.15, 0.2) is 23.1 Å². The molecule has 0 amide bonds. The second kappa shape index (κ2) is 6.40. The molecule has 1 aliphatic heterocycles. The first-order valence-corrected chi connectivity index (χ1v) is 8.66. The van der Waals surface area contributed by atoms with Gasteiger partial charge in [-0.05, 0) is 18.2 Å². The summed E-state index contributed by atoms with van der Waals surface area (Å²) in [6, 6.07) is 4.27. The van der Waals surface area contributed by atoms with E-state index in [9.17, 15) is 13.5 Å². The Kier molecular flexibility index (Phi) is 5.18. The monoisotopic (exact) mass is 353 g/mol. The molecule has 1 aromatic rings. The largest absolute Gasteiger partial charge is 0.388 e. The molecule has 0 radical (unpaired) electrons. The highest BCUT2D eigenvalue weighted by Gasteiger charge is 2.35. The van der Waals surface area contributed by atoms with Crippen molar-refractivity contribution in [3.05, 3.63) is 28.2 Å². The second-order valence-electron chi connectivity index (χ2n) is 5.17. The predicted molar refractivity (Wildman–Crippen MR) is 81.3 cm³/mol. The van der Waals surface area contributed by atoms with E-state index in [-0.39, 0.29) is 21.5 Å². The van der Waals surface area contributed by atoms with Crippen LogP contribution in [0.4, 0.5) is 0 Å². The molecule has 0 aliphatic carbocycles. The van der Waals surface area contributed by atoms with Gasteiger partial charge in [-0.2, -0.15) is 4.31 Å². The number of hydrogen-bond donors (Lipinski definition) is 1. The Morgan fingerprint density at radius 1 is 1.33 bits per heavy atom. The van der Waals surface area contributed by atoms with Gasteiger partial charge in [0.15, 0.2) is 0 Å². The van der Waals surface area contributed by atoms with E-state index in [2.05, 4.69) is 0 Å². The van der Waals surface area contributed by atoms with E-state index >= 15 is 0 Å². The van der Waals surface area contributed by atoms with Gasteiger partial charge in [0.1, 0.15) is 4.90 Å². The summed E-state index contributed by atoms with van der Waals surface area (Å²) in [5.41, 5.74) is -1.08. The van der Waals surface area contributed by atoms with Crippen molar-refractivity contribution < 1.29 is 18.3 Å². The van der Waals surface area contributed by atoms with Gasteiger partial charge in [-0.1, -0.05) is 23.2 Å². The number of rotatable bonds is 4. The van der Waals surface area contributed by atoms with E-state index < -0.39 is 15.6 Å². The SMILES string of the molecule is CN(CC1(O)CCOCC1)S(=O)(=O)c1cc(Cl)ccc1Cl. The normalized spacial score (nSPS) is 18.9. The van der Waals surface area contributed by atoms with Crippen molar-refractivity contribution in [2.75, 3.05) is 26.8 Å². The summed E-state index contributed by atoms with van der Waals surface area (Å²) in [6.45, 7) is 0.826. The fourth-order valence-corrected chi connectivity index (χ4v) is 4.23. The number of sulfonamides is 1. The number of ether oxygens (including phenoxy) is 1. The van der Waals surface area contributed by atoms with Crippen molar-refractivity contribution >= 4 is 33.2 Å². The smallest absolute Gasteiger partial charge is 0.244 e. The summed E-state index contributed by atoms with van der Waals surface area (Å²) < 4.78 is 31.4. The van der Waals surface area contributed by atoms with Crippen LogP contribution in [0.25, 0.3) is 0 Å². The third-order valence-electron chi connectivity index (χ3n) is 3.52. The molecule has 1 heterocycles. The maximum absolute atomic E-state index is 12.6. The van der Waals surface area contributed by atoms with Crippen LogP contribution in [0.2, 0.25) is 10.0 Å². The molecule has 1 fully saturated rings. The molecular formula is C13H17Cl2NO4S. The zero-order chi connectivity index (χ0) is 15.7. The molecule has 0 atom stereocenters. The molecule has 0 spiro atoms. The number of hydrogen-bond acceptors (Lipinski definition) is 4. The quantitative estimate of drug-likeness (QED) is 0.900. The molecule has 1 saturated heterocycles. The third kappa shape index (κ3) is 3.88. The molecule has 0 saturated carbocycles. The summed E-state index contributed by atoms with van der Waals surface area (Å²) in [4.78, 5) is -0.0603. The molecule has 118 valence electrons. The summed E-state index contributed by atoms with van der Waals surface area (Å²) in [5.74, 6) is 0. The minimum Gasteiger partial charge on any atom is -0.388 e. The van der Waals surface area contributed by atoms with Gasteiger partial charge in [0.2, 0.25) is 10.0 Å². The Balaban J connectivity index is 2.24. The average Bonchev–Trinajstić information content (AvgIpc) is 2.41. The molecule has 0 bridgehead atoms. The Labute approximate surface area is 134 Å². The summed E-state index contributed by atoms with van der Waals surface area (Å²) in [6.07, 6.45) is 0.798. The van der Waals surface area contributed by atoms with E-state index in [1.54, 1.807) is 0 Å². The maximum Gasteiger partial charge on any atom is 0.244 e. The molecule has 2 rings (SSSR count). The lowest BCUT2D eigenvalue weighted by molar-refractivity contribution is -0.0689. The molecule has 0 unspecified atom stereocenters. The van der Waals surface area contributed by atoms with Crippen LogP contribution in [0.3, 0.4) is 0 Å². The third-order valence-corrected chi connectivity index (χ3v) is 6.04. The van der Waals surface area contributed by atoms with E-state index in [4.69, 9.17) is 27.9 Å². The van der Waals surface area contributed by atoms with Crippen LogP contribution in [0, 0.1) is 0 Å². The van der Waals surface area contributed by atoms with Crippen LogP contribution < -0.4 is 0 Å². The number of benzene rings is 1. The van der Waals surface area contributed by atoms with Gasteiger partial charge < -0.3 is 9.84 Å². The van der Waals surface area contributed by atoms with Crippen molar-refractivity contribution in [2.24, 2.45) is 0 Å². The van der Waals surface area contributed by atoms with Gasteiger partial charge in [0.25, 0.3) is 0 Å². The first kappa shape index (κ1) is 17.0. The van der Waals surface area contributed by atoms with Gasteiger partial charge in [0, 0.05) is 44.7 Å². The standard InChI is InChI=1S/C13H17Cl2NO4S/c1-16(9-13(17)4-6-20-7-5-13)21(18,19)12-8-10(14)2-3-11(12)15/h2-3,8,17H,4-7,9H2,1H3. The van der Waals surface area contributed by atoms with Gasteiger partial charge >= 0.3 is 0 Å². The highest BCUT2D eigenvalue weighted by Crippen LogP contribution is 2.29. The number of nitrogens with zero attached hydrogens (tertiary/aromatic N) is 1. The summed E-state index contributed by atoms with van der Waals surface area (Å²) in [7, 11) is -2.40. The average molecular weight is 354 g/mol. The molecule has 1 aromatic carbocycles. The molecular weight excluding hydrogens is 337 g/mol. The summed E-state index contributed by atoms with van der Waals surface area (Å²) >= 11 is 11.8. The molecule has 1 aliphatic rings. The predicted octanol–water partition coefficient (Wildman–Crippen LogP) is 2.16. The highest BCUT2D eigenvalue weighted by atomic mass is 35.5. The van der Waals surface area contributed by atoms with Gasteiger partial charge in [-0.15, -0.1) is 0 Å². The Hall–Kier alpha value is -0.370. The number of halogens is 2. The van der Waals surface area contributed by atoms with Crippen molar-refractivity contribution in [3.63, 3.8) is 0 Å². The van der Waals surface area contributed by atoms with Crippen molar-refractivity contribution in [1.82, 2.24) is 4.31 Å². The zero-order valence-corrected chi connectivity index (χ0v) is 13.9. The van der Waals surface area contributed by atoms with Crippen molar-refractivity contribution in [2.45, 2.75) is 23.3 Å². The van der Waals surface area contributed by atoms with Gasteiger partial charge in [-0.25, -0.2) is 8.42 Å². The van der Waals surface area contributed by atoms with Crippen LogP contribution in [0.5, 0.6) is 0 Å². The Bertz CT molecular complexity index is 615. The van der Waals surface area contributed by atoms with Crippen LogP contribution >= 0.6 is 23.2 Å². The van der Waals surface area contributed by atoms with Crippen LogP contribution in [-0.2, 0) is 14.8 Å². The number of likely N-dealkylation sites (N-methyl/N-ethyl adjacent to an activating group) is 1. The van der Waals surface area contributed by atoms with Crippen LogP contribution in [0.1, 0.15) is 12.8 Å². The van der Waals surface area contributed by atoms with E-state index in [0.717, 1.165) is 4.31 Å². The lowest BCUT2D eigenvalue weighted by atomic mass is 9.95. The minimum atomic E-state index is -3.81. The first-order valence-electron chi connectivity index (χ1n) is 6.46. The lowest BCUT2D eigenvalue weighted by Gasteiger charge is -2.35. The molecule has 1 N–H and O–H groups in total. The van der Waals surface area contributed by atoms with Crippen LogP contribution in [-0.4, -0.2) is 50.2 Å². The Morgan fingerprint density at radius 2 is 1.95 bits per heavy atom. The fraction of sp³-hybridized carbons (Fsp3) is 0.538. The van der Waals surface area contributed by atoms with Gasteiger partial charge in [-0.3, -0.25) is 0 Å². The van der Waals surface area contributed by atoms with E-state index in [0.29, 0.717) is 26.1 Å². The van der Waals surface area contributed by atoms with Crippen molar-refractivity contribution in [1.29, 1.82) is 0 Å². The first-order chi connectivity index (χ1) is 9.74.